The van der Waals surface area contributed by atoms with Gasteiger partial charge in [-0.3, -0.25) is 0 Å². The summed E-state index contributed by atoms with van der Waals surface area (Å²) in [5.41, 5.74) is 1.27. The Morgan fingerprint density at radius 3 is 2.56 bits per heavy atom. The van der Waals surface area contributed by atoms with Gasteiger partial charge in [0.25, 0.3) is 0 Å². The quantitative estimate of drug-likeness (QED) is 0.863. The summed E-state index contributed by atoms with van der Waals surface area (Å²) >= 11 is 0. The van der Waals surface area contributed by atoms with Crippen LogP contribution in [0.5, 0.6) is 0 Å². The highest BCUT2D eigenvalue weighted by Crippen LogP contribution is 2.22. The highest BCUT2D eigenvalue weighted by atomic mass is 16.5. The van der Waals surface area contributed by atoms with Gasteiger partial charge in [-0.15, -0.1) is 0 Å². The number of hydrogen-bond acceptors (Lipinski definition) is 3. The Morgan fingerprint density at radius 1 is 1.28 bits per heavy atom. The number of hydrogen-bond donors (Lipinski definition) is 1. The van der Waals surface area contributed by atoms with Crippen LogP contribution in [0.2, 0.25) is 0 Å². The maximum atomic E-state index is 6.28. The summed E-state index contributed by atoms with van der Waals surface area (Å²) in [6.07, 6.45) is 2.86. The average molecular weight is 248 g/mol. The second-order valence-corrected chi connectivity index (χ2v) is 5.10. The van der Waals surface area contributed by atoms with Gasteiger partial charge in [-0.2, -0.15) is 0 Å². The molecule has 0 amide bonds. The molecule has 3 heteroatoms. The second kappa shape index (κ2) is 6.88. The summed E-state index contributed by atoms with van der Waals surface area (Å²) in [6.45, 7) is 3.16. The fourth-order valence-electron chi connectivity index (χ4n) is 2.45. The molecule has 1 heterocycles. The zero-order chi connectivity index (χ0) is 12.8. The summed E-state index contributed by atoms with van der Waals surface area (Å²) in [6, 6.07) is 10.5. The Balaban J connectivity index is 1.94. The van der Waals surface area contributed by atoms with E-state index in [1.54, 1.807) is 0 Å². The van der Waals surface area contributed by atoms with Crippen LogP contribution < -0.4 is 5.32 Å². The number of likely N-dealkylation sites (tertiary alicyclic amines) is 1. The Bertz CT molecular complexity index is 334. The van der Waals surface area contributed by atoms with Gasteiger partial charge >= 0.3 is 0 Å². The van der Waals surface area contributed by atoms with Crippen molar-refractivity contribution in [3.63, 3.8) is 0 Å². The summed E-state index contributed by atoms with van der Waals surface area (Å²) in [4.78, 5) is 2.37. The summed E-state index contributed by atoms with van der Waals surface area (Å²) in [7, 11) is 4.16. The van der Waals surface area contributed by atoms with Crippen LogP contribution in [0, 0.1) is 0 Å². The standard InChI is InChI=1S/C15H24N2O/c1-16-12-15(13-6-4-3-5-7-13)18-14-8-10-17(2)11-9-14/h3-7,14-16H,8-12H2,1-2H3. The molecule has 1 aliphatic heterocycles. The highest BCUT2D eigenvalue weighted by Gasteiger charge is 2.21. The van der Waals surface area contributed by atoms with E-state index in [4.69, 9.17) is 4.74 Å². The lowest BCUT2D eigenvalue weighted by atomic mass is 10.1. The SMILES string of the molecule is CNCC(OC1CCN(C)CC1)c1ccccc1. The molecule has 100 valence electrons. The molecule has 0 aromatic heterocycles. The largest absolute Gasteiger partial charge is 0.369 e. The van der Waals surface area contributed by atoms with Crippen LogP contribution in [0.1, 0.15) is 24.5 Å². The van der Waals surface area contributed by atoms with Gasteiger partial charge in [0.15, 0.2) is 0 Å². The molecule has 0 radical (unpaired) electrons. The lowest BCUT2D eigenvalue weighted by molar-refractivity contribution is -0.0396. The van der Waals surface area contributed by atoms with E-state index in [-0.39, 0.29) is 6.10 Å². The number of likely N-dealkylation sites (N-methyl/N-ethyl adjacent to an activating group) is 1. The molecule has 1 aliphatic rings. The fraction of sp³-hybridized carbons (Fsp3) is 0.600. The number of piperidine rings is 1. The monoisotopic (exact) mass is 248 g/mol. The molecule has 0 bridgehead atoms. The van der Waals surface area contributed by atoms with E-state index in [1.807, 2.05) is 7.05 Å². The first-order valence-corrected chi connectivity index (χ1v) is 6.83. The van der Waals surface area contributed by atoms with Crippen molar-refractivity contribution in [3.05, 3.63) is 35.9 Å². The van der Waals surface area contributed by atoms with E-state index in [0.717, 1.165) is 32.5 Å². The van der Waals surface area contributed by atoms with Gasteiger partial charge in [0, 0.05) is 19.6 Å². The molecule has 1 unspecified atom stereocenters. The Labute approximate surface area is 110 Å². The number of nitrogens with one attached hydrogen (secondary N) is 1. The smallest absolute Gasteiger partial charge is 0.0952 e. The number of nitrogens with zero attached hydrogens (tertiary/aromatic N) is 1. The first-order valence-electron chi connectivity index (χ1n) is 6.83. The average Bonchev–Trinajstić information content (AvgIpc) is 2.42. The van der Waals surface area contributed by atoms with Crippen molar-refractivity contribution in [3.8, 4) is 0 Å². The van der Waals surface area contributed by atoms with Gasteiger partial charge in [0.1, 0.15) is 0 Å². The van der Waals surface area contributed by atoms with E-state index < -0.39 is 0 Å². The van der Waals surface area contributed by atoms with E-state index >= 15 is 0 Å². The van der Waals surface area contributed by atoms with Gasteiger partial charge in [0.2, 0.25) is 0 Å². The predicted octanol–water partition coefficient (Wildman–Crippen LogP) is 2.06. The van der Waals surface area contributed by atoms with Crippen molar-refractivity contribution in [2.75, 3.05) is 33.7 Å². The lowest BCUT2D eigenvalue weighted by Gasteiger charge is -2.32. The van der Waals surface area contributed by atoms with Gasteiger partial charge in [0.05, 0.1) is 12.2 Å². The van der Waals surface area contributed by atoms with E-state index in [1.165, 1.54) is 5.56 Å². The van der Waals surface area contributed by atoms with Gasteiger partial charge in [-0.25, -0.2) is 0 Å². The molecule has 1 N–H and O–H groups in total. The number of rotatable bonds is 5. The van der Waals surface area contributed by atoms with Gasteiger partial charge < -0.3 is 15.0 Å². The molecule has 1 atom stereocenters. The first-order chi connectivity index (χ1) is 8.79. The van der Waals surface area contributed by atoms with Crippen molar-refractivity contribution in [2.24, 2.45) is 0 Å². The number of benzene rings is 1. The third-order valence-corrected chi connectivity index (χ3v) is 3.58. The molecule has 1 aromatic rings. The molecule has 0 aliphatic carbocycles. The molecule has 18 heavy (non-hydrogen) atoms. The van der Waals surface area contributed by atoms with Crippen LogP contribution in [0.4, 0.5) is 0 Å². The molecule has 1 fully saturated rings. The molecule has 0 spiro atoms. The second-order valence-electron chi connectivity index (χ2n) is 5.10. The normalized spacial score (nSPS) is 19.9. The minimum absolute atomic E-state index is 0.171. The van der Waals surface area contributed by atoms with Crippen LogP contribution in [-0.2, 0) is 4.74 Å². The Morgan fingerprint density at radius 2 is 1.94 bits per heavy atom. The van der Waals surface area contributed by atoms with Crippen molar-refractivity contribution in [1.82, 2.24) is 10.2 Å². The van der Waals surface area contributed by atoms with Crippen LogP contribution in [0.15, 0.2) is 30.3 Å². The minimum Gasteiger partial charge on any atom is -0.369 e. The molecule has 3 nitrogen and oxygen atoms in total. The van der Waals surface area contributed by atoms with Crippen LogP contribution >= 0.6 is 0 Å². The third kappa shape index (κ3) is 3.80. The van der Waals surface area contributed by atoms with Crippen molar-refractivity contribution >= 4 is 0 Å². The summed E-state index contributed by atoms with van der Waals surface area (Å²) in [5.74, 6) is 0. The highest BCUT2D eigenvalue weighted by molar-refractivity contribution is 5.18. The summed E-state index contributed by atoms with van der Waals surface area (Å²) in [5, 5.41) is 3.23. The third-order valence-electron chi connectivity index (χ3n) is 3.58. The molecule has 0 saturated carbocycles. The zero-order valence-corrected chi connectivity index (χ0v) is 11.4. The van der Waals surface area contributed by atoms with Gasteiger partial charge in [-0.05, 0) is 32.5 Å². The maximum Gasteiger partial charge on any atom is 0.0952 e. The van der Waals surface area contributed by atoms with E-state index in [9.17, 15) is 0 Å². The fourth-order valence-corrected chi connectivity index (χ4v) is 2.45. The number of ether oxygens (including phenoxy) is 1. The molecular weight excluding hydrogens is 224 g/mol. The van der Waals surface area contributed by atoms with Crippen molar-refractivity contribution in [1.29, 1.82) is 0 Å². The van der Waals surface area contributed by atoms with Crippen molar-refractivity contribution in [2.45, 2.75) is 25.0 Å². The topological polar surface area (TPSA) is 24.5 Å². The molecular formula is C15H24N2O. The maximum absolute atomic E-state index is 6.28. The van der Waals surface area contributed by atoms with E-state index in [0.29, 0.717) is 6.10 Å². The minimum atomic E-state index is 0.171. The van der Waals surface area contributed by atoms with Crippen LogP contribution in [-0.4, -0.2) is 44.7 Å². The lowest BCUT2D eigenvalue weighted by Crippen LogP contribution is -2.36. The first kappa shape index (κ1) is 13.5. The molecule has 2 rings (SSSR count). The summed E-state index contributed by atoms with van der Waals surface area (Å²) < 4.78 is 6.28. The van der Waals surface area contributed by atoms with Crippen LogP contribution in [0.25, 0.3) is 0 Å². The zero-order valence-electron chi connectivity index (χ0n) is 11.4. The predicted molar refractivity (Wildman–Crippen MR) is 74.7 cm³/mol. The van der Waals surface area contributed by atoms with Crippen molar-refractivity contribution < 1.29 is 4.74 Å². The molecule has 1 saturated heterocycles. The molecule has 1 aromatic carbocycles. The van der Waals surface area contributed by atoms with Crippen LogP contribution in [0.3, 0.4) is 0 Å². The Hall–Kier alpha value is -0.900. The van der Waals surface area contributed by atoms with Gasteiger partial charge in [-0.1, -0.05) is 30.3 Å². The Kier molecular flexibility index (Phi) is 5.17. The van der Waals surface area contributed by atoms with E-state index in [2.05, 4.69) is 47.6 Å².